The van der Waals surface area contributed by atoms with E-state index in [1.807, 2.05) is 30.3 Å². The SMILES string of the molecule is O=C(O)CCNc1cc(N2CCN(c3ccccc3)CC2)nc(-c2ccccn2)n1. The van der Waals surface area contributed by atoms with Crippen molar-refractivity contribution < 1.29 is 9.90 Å². The molecular weight excluding hydrogens is 380 g/mol. The summed E-state index contributed by atoms with van der Waals surface area (Å²) in [6, 6.07) is 17.9. The van der Waals surface area contributed by atoms with Crippen molar-refractivity contribution in [1.82, 2.24) is 15.0 Å². The van der Waals surface area contributed by atoms with Gasteiger partial charge in [-0.3, -0.25) is 9.78 Å². The predicted molar refractivity (Wildman–Crippen MR) is 117 cm³/mol. The van der Waals surface area contributed by atoms with Gasteiger partial charge >= 0.3 is 5.97 Å². The normalized spacial score (nSPS) is 13.9. The zero-order valence-corrected chi connectivity index (χ0v) is 16.6. The molecule has 0 spiro atoms. The maximum Gasteiger partial charge on any atom is 0.305 e. The van der Waals surface area contributed by atoms with Crippen LogP contribution in [0.1, 0.15) is 6.42 Å². The van der Waals surface area contributed by atoms with Crippen molar-refractivity contribution >= 4 is 23.3 Å². The van der Waals surface area contributed by atoms with Gasteiger partial charge in [0.15, 0.2) is 5.82 Å². The minimum atomic E-state index is -0.848. The third kappa shape index (κ3) is 4.83. The van der Waals surface area contributed by atoms with E-state index in [-0.39, 0.29) is 6.42 Å². The lowest BCUT2D eigenvalue weighted by Crippen LogP contribution is -2.46. The number of benzene rings is 1. The second kappa shape index (κ2) is 9.21. The summed E-state index contributed by atoms with van der Waals surface area (Å²) in [6.45, 7) is 3.77. The van der Waals surface area contributed by atoms with E-state index >= 15 is 0 Å². The average molecular weight is 404 g/mol. The van der Waals surface area contributed by atoms with Crippen LogP contribution in [-0.4, -0.2) is 58.8 Å². The summed E-state index contributed by atoms with van der Waals surface area (Å²) in [5.41, 5.74) is 1.91. The number of nitrogens with zero attached hydrogens (tertiary/aromatic N) is 5. The van der Waals surface area contributed by atoms with Crippen molar-refractivity contribution in [2.45, 2.75) is 6.42 Å². The fraction of sp³-hybridized carbons (Fsp3) is 0.273. The van der Waals surface area contributed by atoms with Crippen molar-refractivity contribution in [2.24, 2.45) is 0 Å². The maximum absolute atomic E-state index is 10.8. The first-order valence-electron chi connectivity index (χ1n) is 10.00. The summed E-state index contributed by atoms with van der Waals surface area (Å²) in [4.78, 5) is 29.1. The van der Waals surface area contributed by atoms with Crippen LogP contribution in [0.2, 0.25) is 0 Å². The molecule has 2 aromatic heterocycles. The molecule has 1 fully saturated rings. The highest BCUT2D eigenvalue weighted by Gasteiger charge is 2.20. The van der Waals surface area contributed by atoms with Gasteiger partial charge in [0, 0.05) is 50.7 Å². The molecule has 0 saturated carbocycles. The van der Waals surface area contributed by atoms with Gasteiger partial charge in [0.1, 0.15) is 17.3 Å². The molecule has 154 valence electrons. The first kappa shape index (κ1) is 19.6. The fourth-order valence-corrected chi connectivity index (χ4v) is 3.43. The first-order valence-corrected chi connectivity index (χ1v) is 10.00. The van der Waals surface area contributed by atoms with Crippen LogP contribution in [0, 0.1) is 0 Å². The topological polar surface area (TPSA) is 94.5 Å². The Bertz CT molecular complexity index is 975. The highest BCUT2D eigenvalue weighted by atomic mass is 16.4. The highest BCUT2D eigenvalue weighted by Crippen LogP contribution is 2.24. The Kier molecular flexibility index (Phi) is 6.03. The second-order valence-corrected chi connectivity index (χ2v) is 7.03. The maximum atomic E-state index is 10.8. The molecule has 1 saturated heterocycles. The van der Waals surface area contributed by atoms with E-state index in [1.54, 1.807) is 6.20 Å². The molecule has 1 aliphatic rings. The number of carbonyl (C=O) groups is 1. The molecule has 0 bridgehead atoms. The van der Waals surface area contributed by atoms with Gasteiger partial charge in [-0.25, -0.2) is 9.97 Å². The molecule has 3 heterocycles. The molecule has 1 aromatic carbocycles. The molecule has 0 radical (unpaired) electrons. The predicted octanol–water partition coefficient (Wildman–Crippen LogP) is 2.75. The summed E-state index contributed by atoms with van der Waals surface area (Å²) < 4.78 is 0. The van der Waals surface area contributed by atoms with Crippen LogP contribution in [-0.2, 0) is 4.79 Å². The fourth-order valence-electron chi connectivity index (χ4n) is 3.43. The minimum Gasteiger partial charge on any atom is -0.481 e. The third-order valence-electron chi connectivity index (χ3n) is 4.98. The highest BCUT2D eigenvalue weighted by molar-refractivity contribution is 5.67. The van der Waals surface area contributed by atoms with Crippen LogP contribution in [0.3, 0.4) is 0 Å². The summed E-state index contributed by atoms with van der Waals surface area (Å²) in [5.74, 6) is 1.10. The van der Waals surface area contributed by atoms with Gasteiger partial charge in [-0.1, -0.05) is 24.3 Å². The van der Waals surface area contributed by atoms with Crippen LogP contribution >= 0.6 is 0 Å². The van der Waals surface area contributed by atoms with E-state index in [2.05, 4.69) is 49.4 Å². The molecule has 3 aromatic rings. The van der Waals surface area contributed by atoms with E-state index in [4.69, 9.17) is 10.1 Å². The number of hydrogen-bond acceptors (Lipinski definition) is 7. The van der Waals surface area contributed by atoms with Gasteiger partial charge < -0.3 is 20.2 Å². The van der Waals surface area contributed by atoms with Gasteiger partial charge in [0.05, 0.1) is 6.42 Å². The number of aromatic nitrogens is 3. The molecule has 0 amide bonds. The molecule has 0 unspecified atom stereocenters. The lowest BCUT2D eigenvalue weighted by molar-refractivity contribution is -0.136. The number of para-hydroxylation sites is 1. The van der Waals surface area contributed by atoms with E-state index in [1.165, 1.54) is 5.69 Å². The lowest BCUT2D eigenvalue weighted by Gasteiger charge is -2.36. The van der Waals surface area contributed by atoms with Gasteiger partial charge in [-0.2, -0.15) is 0 Å². The molecular formula is C22H24N6O2. The Labute approximate surface area is 175 Å². The van der Waals surface area contributed by atoms with Crippen molar-refractivity contribution in [2.75, 3.05) is 47.8 Å². The standard InChI is InChI=1S/C22H24N6O2/c29-21(30)9-11-24-19-16-20(26-22(25-19)18-8-4-5-10-23-18)28-14-12-27(13-15-28)17-6-2-1-3-7-17/h1-8,10,16H,9,11-15H2,(H,29,30)(H,24,25,26). The lowest BCUT2D eigenvalue weighted by atomic mass is 10.2. The van der Waals surface area contributed by atoms with Crippen molar-refractivity contribution in [3.63, 3.8) is 0 Å². The zero-order valence-electron chi connectivity index (χ0n) is 16.6. The molecule has 8 heteroatoms. The summed E-state index contributed by atoms with van der Waals surface area (Å²) in [5, 5.41) is 12.0. The number of piperazine rings is 1. The Balaban J connectivity index is 1.53. The van der Waals surface area contributed by atoms with E-state index in [0.29, 0.717) is 23.9 Å². The van der Waals surface area contributed by atoms with E-state index in [0.717, 1.165) is 32.0 Å². The van der Waals surface area contributed by atoms with Crippen LogP contribution in [0.4, 0.5) is 17.3 Å². The number of rotatable bonds is 7. The van der Waals surface area contributed by atoms with Crippen LogP contribution in [0.25, 0.3) is 11.5 Å². The van der Waals surface area contributed by atoms with Gasteiger partial charge in [0.25, 0.3) is 0 Å². The molecule has 1 aliphatic heterocycles. The number of nitrogens with one attached hydrogen (secondary N) is 1. The third-order valence-corrected chi connectivity index (χ3v) is 4.98. The number of carboxylic acid groups (broad SMARTS) is 1. The van der Waals surface area contributed by atoms with Gasteiger partial charge in [0.2, 0.25) is 0 Å². The Hall–Kier alpha value is -3.68. The minimum absolute atomic E-state index is 0.0218. The van der Waals surface area contributed by atoms with Gasteiger partial charge in [-0.05, 0) is 24.3 Å². The molecule has 4 rings (SSSR count). The van der Waals surface area contributed by atoms with Crippen molar-refractivity contribution in [1.29, 1.82) is 0 Å². The zero-order chi connectivity index (χ0) is 20.8. The Morgan fingerprint density at radius 3 is 2.40 bits per heavy atom. The monoisotopic (exact) mass is 404 g/mol. The van der Waals surface area contributed by atoms with Crippen molar-refractivity contribution in [3.05, 3.63) is 60.8 Å². The average Bonchev–Trinajstić information content (AvgIpc) is 2.80. The van der Waals surface area contributed by atoms with E-state index < -0.39 is 5.97 Å². The molecule has 0 atom stereocenters. The van der Waals surface area contributed by atoms with Crippen LogP contribution in [0.15, 0.2) is 60.8 Å². The van der Waals surface area contributed by atoms with Crippen LogP contribution < -0.4 is 15.1 Å². The van der Waals surface area contributed by atoms with Gasteiger partial charge in [-0.15, -0.1) is 0 Å². The molecule has 0 aliphatic carbocycles. The number of pyridine rings is 1. The molecule has 8 nitrogen and oxygen atoms in total. The van der Waals surface area contributed by atoms with Crippen molar-refractivity contribution in [3.8, 4) is 11.5 Å². The number of anilines is 3. The molecule has 30 heavy (non-hydrogen) atoms. The van der Waals surface area contributed by atoms with E-state index in [9.17, 15) is 4.79 Å². The number of carboxylic acids is 1. The summed E-state index contributed by atoms with van der Waals surface area (Å²) in [7, 11) is 0. The van der Waals surface area contributed by atoms with Crippen LogP contribution in [0.5, 0.6) is 0 Å². The summed E-state index contributed by atoms with van der Waals surface area (Å²) in [6.07, 6.45) is 1.73. The molecule has 2 N–H and O–H groups in total. The second-order valence-electron chi connectivity index (χ2n) is 7.03. The largest absolute Gasteiger partial charge is 0.481 e. The number of hydrogen-bond donors (Lipinski definition) is 2. The smallest absolute Gasteiger partial charge is 0.305 e. The number of aliphatic carboxylic acids is 1. The Morgan fingerprint density at radius 2 is 1.70 bits per heavy atom. The summed E-state index contributed by atoms with van der Waals surface area (Å²) >= 11 is 0. The first-order chi connectivity index (χ1) is 14.7. The Morgan fingerprint density at radius 1 is 0.967 bits per heavy atom. The quantitative estimate of drug-likeness (QED) is 0.621.